The van der Waals surface area contributed by atoms with Gasteiger partial charge in [-0.25, -0.2) is 0 Å². The molecule has 4 aromatic carbocycles. The predicted octanol–water partition coefficient (Wildman–Crippen LogP) is -3.12. The summed E-state index contributed by atoms with van der Waals surface area (Å²) >= 11 is 2.46. The molecule has 4 bridgehead atoms. The largest absolute Gasteiger partial charge is 0.508 e. The maximum atomic E-state index is 15.4. The summed E-state index contributed by atoms with van der Waals surface area (Å²) < 4.78 is 18.2. The molecule has 814 valence electrons. The molecule has 4 aromatic rings. The number of carboxylic acids is 4. The number of nitrogens with zero attached hydrogens (tertiary/aromatic N) is 3. The first-order chi connectivity index (χ1) is 70.5. The third-order valence-electron chi connectivity index (χ3n) is 24.3. The minimum Gasteiger partial charge on any atom is -0.508 e. The van der Waals surface area contributed by atoms with Gasteiger partial charge in [-0.2, -0.15) is 23.5 Å². The maximum Gasteiger partial charge on any atom is 0.305 e. The molecule has 16 amide bonds. The minimum atomic E-state index is -2.28. The number of hydrogen-bond donors (Lipinski definition) is 19. The molecule has 0 aliphatic carbocycles. The summed E-state index contributed by atoms with van der Waals surface area (Å²) in [6, 6.07) is 2.38. The highest BCUT2D eigenvalue weighted by molar-refractivity contribution is 8.00. The molecule has 48 nitrogen and oxygen atoms in total. The summed E-state index contributed by atoms with van der Waals surface area (Å²) in [5, 5.41) is 79.0. The summed E-state index contributed by atoms with van der Waals surface area (Å²) in [6.07, 6.45) is -10.3. The number of primary amides is 2. The van der Waals surface area contributed by atoms with Crippen LogP contribution in [0.4, 0.5) is 0 Å². The minimum absolute atomic E-state index is 0.150. The van der Waals surface area contributed by atoms with Crippen molar-refractivity contribution in [2.75, 3.05) is 113 Å². The first-order valence-corrected chi connectivity index (χ1v) is 51.7. The Kier molecular flexibility index (Phi) is 50.2. The average Bonchev–Trinajstić information content (AvgIpc) is 0.827. The van der Waals surface area contributed by atoms with E-state index in [2.05, 4.69) is 58.5 Å². The number of carboxylic acid groups (broad SMARTS) is 4. The fourth-order valence-corrected chi connectivity index (χ4v) is 18.9. The first-order valence-electron chi connectivity index (χ1n) is 48.3. The number of rotatable bonds is 22. The molecule has 0 radical (unpaired) electrons. The van der Waals surface area contributed by atoms with Crippen molar-refractivity contribution in [3.05, 3.63) is 114 Å². The molecule has 3 aliphatic rings. The van der Waals surface area contributed by atoms with Gasteiger partial charge in [-0.05, 0) is 85.0 Å². The molecule has 0 aromatic heterocycles. The molecule has 0 spiro atoms. The zero-order valence-electron chi connectivity index (χ0n) is 83.5. The van der Waals surface area contributed by atoms with Gasteiger partial charge in [0.05, 0.1) is 106 Å². The summed E-state index contributed by atoms with van der Waals surface area (Å²) in [7, 11) is 0. The van der Waals surface area contributed by atoms with Crippen molar-refractivity contribution in [3.8, 4) is 5.75 Å². The number of Topliss-reactive ketones (excluding diaryl/α,β-unsaturated/α-hetero) is 3. The van der Waals surface area contributed by atoms with Crippen LogP contribution in [0.3, 0.4) is 0 Å². The third kappa shape index (κ3) is 42.4. The van der Waals surface area contributed by atoms with Crippen LogP contribution in [0.2, 0.25) is 0 Å². The second-order valence-electron chi connectivity index (χ2n) is 37.2. The van der Waals surface area contributed by atoms with Gasteiger partial charge in [0.15, 0.2) is 11.6 Å². The van der Waals surface area contributed by atoms with E-state index < -0.39 is 320 Å². The topological polar surface area (TPSA) is 742 Å². The van der Waals surface area contributed by atoms with Gasteiger partial charge in [-0.3, -0.25) is 110 Å². The number of aromatic hydroxyl groups is 1. The molecule has 51 heteroatoms. The molecule has 3 saturated heterocycles. The van der Waals surface area contributed by atoms with E-state index in [9.17, 15) is 102 Å². The molecule has 0 unspecified atom stereocenters. The van der Waals surface area contributed by atoms with E-state index in [0.717, 1.165) is 30.4 Å². The fourth-order valence-electron chi connectivity index (χ4n) is 15.8. The van der Waals surface area contributed by atoms with Crippen molar-refractivity contribution in [1.29, 1.82) is 0 Å². The number of nitrogens with one attached hydrogen (secondary N) is 11. The highest BCUT2D eigenvalue weighted by atomic mass is 32.2. The normalized spacial score (nSPS) is 24.7. The number of aliphatic carboxylic acids is 4. The Labute approximate surface area is 871 Å². The van der Waals surface area contributed by atoms with E-state index >= 15 is 33.6 Å². The van der Waals surface area contributed by atoms with Gasteiger partial charge in [0, 0.05) is 107 Å². The second-order valence-corrected chi connectivity index (χ2v) is 40.3. The van der Waals surface area contributed by atoms with Crippen LogP contribution < -0.4 is 75.7 Å². The Morgan fingerprint density at radius 3 is 1.28 bits per heavy atom. The Hall–Kier alpha value is -13.8. The smallest absolute Gasteiger partial charge is 0.305 e. The highest BCUT2D eigenvalue weighted by Gasteiger charge is 2.42. The SMILES string of the molecule is C[C@H](N)C(=O)C[C@H]1CSCC(=O)N2CCOCCN3CCOCCN(CCOCC2)C(=O)CSC[C@H](NC(=O)[C@@H](C)NC(=O)[C@H](Cc2cccc4ccccc24)CC(=O)[C@H](CCC(=O)O)NC(=O)[C@H](CC(N)=O)NC(=O)[C@@H](C)NC1=O)C(=O)N[C@@H](CCC(=O)O)C(=O)N[C@@H](CC(=O)O)C(=O)N[C@@H](Cc1ccccc1)C(=O)N[C@@H](Cc1ccc(O)cc1)C(=O)N[C@@H](CC(=O)O)C(=O)N[C@@H](C(C)(C)C)C(=O)C[C@H](C(N)=O)CSCC3=O. The summed E-state index contributed by atoms with van der Waals surface area (Å²) in [4.78, 5) is 332. The number of carbonyl (C=O) groups is 23. The summed E-state index contributed by atoms with van der Waals surface area (Å²) in [6.45, 7) is 5.85. The van der Waals surface area contributed by atoms with Gasteiger partial charge >= 0.3 is 23.9 Å². The molecule has 3 fully saturated rings. The third-order valence-corrected chi connectivity index (χ3v) is 27.5. The Bertz CT molecular complexity index is 5420. The van der Waals surface area contributed by atoms with Crippen LogP contribution in [0.15, 0.2) is 97.1 Å². The Balaban J connectivity index is 1.39. The molecule has 149 heavy (non-hydrogen) atoms. The number of phenols is 1. The van der Waals surface area contributed by atoms with Crippen LogP contribution >= 0.6 is 35.3 Å². The van der Waals surface area contributed by atoms with Crippen molar-refractivity contribution in [2.45, 2.75) is 198 Å². The van der Waals surface area contributed by atoms with Crippen molar-refractivity contribution in [1.82, 2.24) is 73.2 Å². The monoisotopic (exact) mass is 2140 g/mol. The molecular weight excluding hydrogens is 2010 g/mol. The Morgan fingerprint density at radius 1 is 0.403 bits per heavy atom. The van der Waals surface area contributed by atoms with E-state index in [-0.39, 0.29) is 120 Å². The highest BCUT2D eigenvalue weighted by Crippen LogP contribution is 2.28. The van der Waals surface area contributed by atoms with Crippen LogP contribution in [0.5, 0.6) is 5.75 Å². The number of thioether (sulfide) groups is 3. The quantitative estimate of drug-likeness (QED) is 0.0370. The predicted molar refractivity (Wildman–Crippen MR) is 540 cm³/mol. The Morgan fingerprint density at radius 2 is 0.805 bits per heavy atom. The number of fused-ring (bicyclic) bond motifs is 15. The van der Waals surface area contributed by atoms with E-state index in [0.29, 0.717) is 33.7 Å². The number of ketones is 3. The first kappa shape index (κ1) is 122. The summed E-state index contributed by atoms with van der Waals surface area (Å²) in [5.74, 6) is -33.8. The van der Waals surface area contributed by atoms with E-state index in [1.165, 1.54) is 97.8 Å². The van der Waals surface area contributed by atoms with Gasteiger partial charge in [0.25, 0.3) is 0 Å². The van der Waals surface area contributed by atoms with Gasteiger partial charge in [0.2, 0.25) is 94.5 Å². The molecule has 3 aliphatic heterocycles. The van der Waals surface area contributed by atoms with Crippen molar-refractivity contribution in [2.24, 2.45) is 40.4 Å². The van der Waals surface area contributed by atoms with E-state index in [1.807, 2.05) is 0 Å². The molecule has 7 rings (SSSR count). The van der Waals surface area contributed by atoms with Crippen molar-refractivity contribution < 1.29 is 150 Å². The average molecular weight is 2140 g/mol. The number of benzene rings is 4. The number of phenolic OH excluding ortho intramolecular Hbond substituents is 1. The van der Waals surface area contributed by atoms with Crippen LogP contribution in [0, 0.1) is 23.2 Å². The zero-order valence-corrected chi connectivity index (χ0v) is 85.9. The second kappa shape index (κ2) is 61.3. The lowest BCUT2D eigenvalue weighted by atomic mass is 9.81. The molecular formula is C98H133N17O31S3. The lowest BCUT2D eigenvalue weighted by molar-refractivity contribution is -0.142. The van der Waals surface area contributed by atoms with Crippen LogP contribution in [0.1, 0.15) is 122 Å². The lowest BCUT2D eigenvalue weighted by Crippen LogP contribution is -2.61. The van der Waals surface area contributed by atoms with Crippen molar-refractivity contribution in [3.63, 3.8) is 0 Å². The van der Waals surface area contributed by atoms with Gasteiger partial charge in [-0.1, -0.05) is 106 Å². The maximum absolute atomic E-state index is 15.4. The number of carbonyl (C=O) groups excluding carboxylic acids is 19. The van der Waals surface area contributed by atoms with Crippen LogP contribution in [-0.4, -0.2) is 362 Å². The van der Waals surface area contributed by atoms with Gasteiger partial charge in [0.1, 0.15) is 65.9 Å². The van der Waals surface area contributed by atoms with Crippen LogP contribution in [-0.2, 0) is 144 Å². The zero-order chi connectivity index (χ0) is 110. The number of ether oxygens (including phenoxy) is 3. The number of nitrogens with two attached hydrogens (primary N) is 3. The molecule has 22 N–H and O–H groups in total. The lowest BCUT2D eigenvalue weighted by Gasteiger charge is -2.32. The standard InChI is InChI=1S/C98H133N17O31S3/c1-54(99)74(117)44-63-49-148-52-79(122)114-29-35-144-33-27-113-28-34-145-37-31-115(32-38-146-36-30-114)80(123)53-149-50-73(111-88(134)56(3)102-89(135)61(41-60-17-12-16-59-15-10-11-18-65(59)60)42-75(118)66(23-25-81(124)125)104-94(140)70(45-77(100)120)106-87(133)55(2)103-90(63)136)97(143)105-67(24-26-82(126)127)91(137)109-71(46-83(128)129)95(141)108-68(39-57-13-8-7-9-14-57)92(138)107-69(40-58-19-21-64(116)22-20-58)93(139)110-72(47-84(130)131)96(142)112-85(98(4,5)6)76(119)43-62(86(101)132)48-147-51-78(113)121/h7-22,54-56,61-63,66-73,85,116H,23-53,99H2,1-6H3,(H2,100,120)(H2,101,132)(H,102,135)(H,103,136)(H,104,140)(H,105,143)(H,106,133)(H,107,138)(H,108,141)(H,109,137)(H,110,139)(H,111,134)(H,112,142)(H,124,125)(H,126,127)(H,128,129)(H,130,131)/t54-,55+,56+,61+,62-,63-,66-,67-,68-,69-,70-,71-,72-,73-,85+/m0/s1. The molecule has 15 atom stereocenters. The fraction of sp³-hybridized carbons (Fsp3) is 0.541. The molecule has 0 saturated carbocycles. The number of amides is 16. The van der Waals surface area contributed by atoms with Gasteiger partial charge in [-0.15, -0.1) is 11.8 Å². The van der Waals surface area contributed by atoms with Crippen molar-refractivity contribution >= 4 is 182 Å². The number of hydrogen-bond acceptors (Lipinski definition) is 31. The van der Waals surface area contributed by atoms with E-state index in [4.69, 9.17) is 31.4 Å². The summed E-state index contributed by atoms with van der Waals surface area (Å²) in [5.41, 5.74) is 17.2. The van der Waals surface area contributed by atoms with Crippen LogP contribution in [0.25, 0.3) is 10.8 Å². The van der Waals surface area contributed by atoms with E-state index in [1.54, 1.807) is 48.5 Å². The van der Waals surface area contributed by atoms with Gasteiger partial charge < -0.3 is 130 Å². The molecule has 3 heterocycles.